The van der Waals surface area contributed by atoms with Crippen LogP contribution in [0.5, 0.6) is 0 Å². The van der Waals surface area contributed by atoms with Crippen molar-refractivity contribution in [1.29, 1.82) is 0 Å². The Morgan fingerprint density at radius 1 is 1.10 bits per heavy atom. The SMILES string of the molecule is Nc1ccc(-c2ccc(F)cc2F)nc1CC(=O)N1CC(C(F)c2ncc(F)cn2)C1. The van der Waals surface area contributed by atoms with Crippen LogP contribution < -0.4 is 5.73 Å². The normalized spacial score (nSPS) is 14.9. The number of pyridine rings is 1. The molecule has 31 heavy (non-hydrogen) atoms. The monoisotopic (exact) mass is 431 g/mol. The minimum absolute atomic E-state index is 0.0821. The van der Waals surface area contributed by atoms with Gasteiger partial charge in [-0.15, -0.1) is 0 Å². The summed E-state index contributed by atoms with van der Waals surface area (Å²) in [6, 6.07) is 6.09. The standard InChI is InChI=1S/C21H17F4N5O/c22-12-1-2-14(15(24)5-12)17-4-3-16(26)18(29-17)6-19(31)30-9-11(10-30)20(25)21-27-7-13(23)8-28-21/h1-5,7-8,11,20H,6,9-10,26H2. The highest BCUT2D eigenvalue weighted by Crippen LogP contribution is 2.32. The maximum absolute atomic E-state index is 14.5. The number of nitrogens with zero attached hydrogens (tertiary/aromatic N) is 4. The molecule has 1 unspecified atom stereocenters. The Labute approximate surface area is 174 Å². The Bertz CT molecular complexity index is 1120. The summed E-state index contributed by atoms with van der Waals surface area (Å²) in [4.78, 5) is 25.5. The molecule has 1 atom stereocenters. The molecular weight excluding hydrogens is 414 g/mol. The smallest absolute Gasteiger partial charge is 0.228 e. The highest BCUT2D eigenvalue weighted by atomic mass is 19.1. The van der Waals surface area contributed by atoms with Crippen LogP contribution in [-0.4, -0.2) is 38.8 Å². The Balaban J connectivity index is 1.42. The first-order chi connectivity index (χ1) is 14.8. The van der Waals surface area contributed by atoms with Gasteiger partial charge in [0.2, 0.25) is 5.91 Å². The highest BCUT2D eigenvalue weighted by molar-refractivity contribution is 5.81. The number of aromatic nitrogens is 3. The predicted molar refractivity (Wildman–Crippen MR) is 104 cm³/mol. The number of amides is 1. The van der Waals surface area contributed by atoms with E-state index in [2.05, 4.69) is 15.0 Å². The second-order valence-corrected chi connectivity index (χ2v) is 7.25. The van der Waals surface area contributed by atoms with Crippen molar-refractivity contribution in [3.63, 3.8) is 0 Å². The average Bonchev–Trinajstić information content (AvgIpc) is 2.69. The first kappa shape index (κ1) is 20.7. The Morgan fingerprint density at radius 3 is 2.48 bits per heavy atom. The van der Waals surface area contributed by atoms with Crippen molar-refractivity contribution >= 4 is 11.6 Å². The number of alkyl halides is 1. The molecule has 1 aromatic carbocycles. The van der Waals surface area contributed by atoms with E-state index in [0.717, 1.165) is 24.5 Å². The molecule has 1 amide bonds. The lowest BCUT2D eigenvalue weighted by Crippen LogP contribution is -2.52. The minimum atomic E-state index is -1.52. The summed E-state index contributed by atoms with van der Waals surface area (Å²) in [5.41, 5.74) is 6.70. The topological polar surface area (TPSA) is 85.0 Å². The van der Waals surface area contributed by atoms with Crippen LogP contribution in [-0.2, 0) is 11.2 Å². The van der Waals surface area contributed by atoms with E-state index in [0.29, 0.717) is 0 Å². The van der Waals surface area contributed by atoms with Crippen molar-refractivity contribution in [2.24, 2.45) is 5.92 Å². The van der Waals surface area contributed by atoms with Gasteiger partial charge in [-0.3, -0.25) is 9.78 Å². The Kier molecular flexibility index (Phi) is 5.53. The van der Waals surface area contributed by atoms with Crippen molar-refractivity contribution in [2.75, 3.05) is 18.8 Å². The molecule has 3 aromatic rings. The number of hydrogen-bond donors (Lipinski definition) is 1. The fraction of sp³-hybridized carbons (Fsp3) is 0.238. The molecule has 0 radical (unpaired) electrons. The van der Waals surface area contributed by atoms with Crippen LogP contribution in [0.15, 0.2) is 42.7 Å². The molecule has 4 rings (SSSR count). The zero-order valence-corrected chi connectivity index (χ0v) is 16.1. The Morgan fingerprint density at radius 2 is 1.81 bits per heavy atom. The zero-order valence-electron chi connectivity index (χ0n) is 16.1. The lowest BCUT2D eigenvalue weighted by molar-refractivity contribution is -0.138. The number of carbonyl (C=O) groups is 1. The lowest BCUT2D eigenvalue weighted by Gasteiger charge is -2.40. The molecule has 0 bridgehead atoms. The zero-order chi connectivity index (χ0) is 22.1. The summed E-state index contributed by atoms with van der Waals surface area (Å²) in [5, 5.41) is 0. The first-order valence-corrected chi connectivity index (χ1v) is 9.42. The van der Waals surface area contributed by atoms with E-state index < -0.39 is 29.5 Å². The van der Waals surface area contributed by atoms with Crippen LogP contribution in [0.3, 0.4) is 0 Å². The summed E-state index contributed by atoms with van der Waals surface area (Å²) in [6.45, 7) is 0.292. The van der Waals surface area contributed by atoms with Crippen LogP contribution in [0.1, 0.15) is 17.7 Å². The van der Waals surface area contributed by atoms with Gasteiger partial charge in [0.15, 0.2) is 17.8 Å². The molecule has 6 nitrogen and oxygen atoms in total. The summed E-state index contributed by atoms with van der Waals surface area (Å²) >= 11 is 0. The molecule has 0 saturated carbocycles. The number of carbonyl (C=O) groups excluding carboxylic acids is 1. The number of benzene rings is 1. The van der Waals surface area contributed by atoms with E-state index in [4.69, 9.17) is 5.73 Å². The summed E-state index contributed by atoms with van der Waals surface area (Å²) in [5.74, 6) is -3.10. The first-order valence-electron chi connectivity index (χ1n) is 9.42. The second kappa shape index (κ2) is 8.29. The van der Waals surface area contributed by atoms with Crippen LogP contribution in [0.2, 0.25) is 0 Å². The molecule has 0 aliphatic carbocycles. The molecule has 1 fully saturated rings. The van der Waals surface area contributed by atoms with Crippen LogP contribution in [0.4, 0.5) is 23.2 Å². The van der Waals surface area contributed by atoms with Gasteiger partial charge in [-0.25, -0.2) is 27.5 Å². The van der Waals surface area contributed by atoms with Gasteiger partial charge in [-0.2, -0.15) is 0 Å². The average molecular weight is 431 g/mol. The molecular formula is C21H17F4N5O. The highest BCUT2D eigenvalue weighted by Gasteiger charge is 2.38. The van der Waals surface area contributed by atoms with Crippen molar-refractivity contribution < 1.29 is 22.4 Å². The number of rotatable bonds is 5. The fourth-order valence-corrected chi connectivity index (χ4v) is 3.33. The number of halogens is 4. The predicted octanol–water partition coefficient (Wildman–Crippen LogP) is 3.25. The molecule has 0 spiro atoms. The van der Waals surface area contributed by atoms with Crippen LogP contribution in [0.25, 0.3) is 11.3 Å². The molecule has 1 saturated heterocycles. The van der Waals surface area contributed by atoms with Crippen LogP contribution >= 0.6 is 0 Å². The maximum atomic E-state index is 14.5. The third kappa shape index (κ3) is 4.32. The van der Waals surface area contributed by atoms with E-state index >= 15 is 0 Å². The number of nitrogen functional groups attached to an aromatic ring is 1. The Hall–Kier alpha value is -3.56. The van der Waals surface area contributed by atoms with Gasteiger partial charge in [-0.1, -0.05) is 0 Å². The van der Waals surface area contributed by atoms with E-state index in [1.807, 2.05) is 0 Å². The third-order valence-corrected chi connectivity index (χ3v) is 5.10. The fourth-order valence-electron chi connectivity index (χ4n) is 3.33. The van der Waals surface area contributed by atoms with Crippen molar-refractivity contribution in [3.05, 3.63) is 71.7 Å². The van der Waals surface area contributed by atoms with Gasteiger partial charge in [0.1, 0.15) is 11.6 Å². The third-order valence-electron chi connectivity index (χ3n) is 5.10. The van der Waals surface area contributed by atoms with Crippen LogP contribution in [0, 0.1) is 23.4 Å². The number of nitrogens with two attached hydrogens (primary N) is 1. The number of likely N-dealkylation sites (tertiary alicyclic amines) is 1. The summed E-state index contributed by atoms with van der Waals surface area (Å²) in [6.07, 6.45) is 0.112. The van der Waals surface area contributed by atoms with Gasteiger partial charge >= 0.3 is 0 Å². The number of hydrogen-bond acceptors (Lipinski definition) is 5. The van der Waals surface area contributed by atoms with Gasteiger partial charge in [0, 0.05) is 30.6 Å². The second-order valence-electron chi connectivity index (χ2n) is 7.25. The molecule has 1 aliphatic heterocycles. The van der Waals surface area contributed by atoms with Crippen molar-refractivity contribution in [1.82, 2.24) is 19.9 Å². The van der Waals surface area contributed by atoms with E-state index in [-0.39, 0.29) is 53.9 Å². The van der Waals surface area contributed by atoms with Gasteiger partial charge in [0.05, 0.1) is 35.9 Å². The summed E-state index contributed by atoms with van der Waals surface area (Å²) in [7, 11) is 0. The molecule has 2 N–H and O–H groups in total. The largest absolute Gasteiger partial charge is 0.397 e. The molecule has 3 heterocycles. The molecule has 1 aliphatic rings. The van der Waals surface area contributed by atoms with Gasteiger partial charge in [-0.05, 0) is 24.3 Å². The van der Waals surface area contributed by atoms with Gasteiger partial charge < -0.3 is 10.6 Å². The summed E-state index contributed by atoms with van der Waals surface area (Å²) < 4.78 is 54.5. The quantitative estimate of drug-likeness (QED) is 0.627. The molecule has 10 heteroatoms. The van der Waals surface area contributed by atoms with E-state index in [9.17, 15) is 22.4 Å². The molecule has 160 valence electrons. The van der Waals surface area contributed by atoms with E-state index in [1.54, 1.807) is 0 Å². The molecule has 2 aromatic heterocycles. The van der Waals surface area contributed by atoms with Gasteiger partial charge in [0.25, 0.3) is 0 Å². The maximum Gasteiger partial charge on any atom is 0.228 e. The lowest BCUT2D eigenvalue weighted by atomic mass is 9.93. The minimum Gasteiger partial charge on any atom is -0.397 e. The van der Waals surface area contributed by atoms with Crippen molar-refractivity contribution in [3.8, 4) is 11.3 Å². The van der Waals surface area contributed by atoms with E-state index in [1.165, 1.54) is 23.1 Å². The number of anilines is 1. The van der Waals surface area contributed by atoms with Crippen molar-refractivity contribution in [2.45, 2.75) is 12.6 Å².